The quantitative estimate of drug-likeness (QED) is 0.847. The molecular weight excluding hydrogens is 222 g/mol. The second-order valence-electron chi connectivity index (χ2n) is 4.45. The van der Waals surface area contributed by atoms with Crippen LogP contribution in [-0.4, -0.2) is 19.1 Å². The molecule has 0 bridgehead atoms. The van der Waals surface area contributed by atoms with Crippen molar-refractivity contribution in [3.63, 3.8) is 0 Å². The molecule has 0 aliphatic carbocycles. The molecule has 0 unspecified atom stereocenters. The molecule has 1 aliphatic rings. The Balaban J connectivity index is 2.10. The van der Waals surface area contributed by atoms with E-state index < -0.39 is 11.6 Å². The van der Waals surface area contributed by atoms with Gasteiger partial charge in [0, 0.05) is 23.7 Å². The highest BCUT2D eigenvalue weighted by molar-refractivity contribution is 5.23. The number of hydrogen-bond acceptors (Lipinski definition) is 2. The van der Waals surface area contributed by atoms with Crippen LogP contribution in [0.15, 0.2) is 18.2 Å². The predicted octanol–water partition coefficient (Wildman–Crippen LogP) is 2.37. The Morgan fingerprint density at radius 3 is 2.94 bits per heavy atom. The summed E-state index contributed by atoms with van der Waals surface area (Å²) in [6.07, 6.45) is 1.89. The number of hydrogen-bond donors (Lipinski definition) is 2. The summed E-state index contributed by atoms with van der Waals surface area (Å²) >= 11 is 0. The van der Waals surface area contributed by atoms with Crippen molar-refractivity contribution in [3.05, 3.63) is 35.4 Å². The number of nitrogens with one attached hydrogen (secondary N) is 2. The third-order valence-corrected chi connectivity index (χ3v) is 3.23. The first-order valence-corrected chi connectivity index (χ1v) is 6.12. The zero-order valence-electron chi connectivity index (χ0n) is 9.97. The molecule has 17 heavy (non-hydrogen) atoms. The van der Waals surface area contributed by atoms with Crippen molar-refractivity contribution in [2.45, 2.75) is 31.8 Å². The van der Waals surface area contributed by atoms with Crippen LogP contribution in [0.2, 0.25) is 0 Å². The van der Waals surface area contributed by atoms with Crippen molar-refractivity contribution in [1.29, 1.82) is 0 Å². The minimum absolute atomic E-state index is 0.0200. The third-order valence-electron chi connectivity index (χ3n) is 3.23. The molecule has 1 aromatic rings. The molecule has 94 valence electrons. The zero-order valence-corrected chi connectivity index (χ0v) is 9.97. The minimum Gasteiger partial charge on any atom is -0.314 e. The van der Waals surface area contributed by atoms with Gasteiger partial charge >= 0.3 is 0 Å². The van der Waals surface area contributed by atoms with Crippen LogP contribution in [0, 0.1) is 11.6 Å². The molecule has 0 radical (unpaired) electrons. The number of halogens is 2. The van der Waals surface area contributed by atoms with E-state index in [1.165, 1.54) is 12.1 Å². The highest BCUT2D eigenvalue weighted by Crippen LogP contribution is 2.25. The van der Waals surface area contributed by atoms with Gasteiger partial charge < -0.3 is 10.6 Å². The molecule has 0 amide bonds. The van der Waals surface area contributed by atoms with Crippen molar-refractivity contribution in [1.82, 2.24) is 10.6 Å². The number of piperidine rings is 1. The largest absolute Gasteiger partial charge is 0.314 e. The summed E-state index contributed by atoms with van der Waals surface area (Å²) < 4.78 is 26.5. The second-order valence-corrected chi connectivity index (χ2v) is 4.45. The Morgan fingerprint density at radius 1 is 1.41 bits per heavy atom. The van der Waals surface area contributed by atoms with Crippen molar-refractivity contribution in [3.8, 4) is 0 Å². The fraction of sp³-hybridized carbons (Fsp3) is 0.538. The molecule has 1 aliphatic heterocycles. The van der Waals surface area contributed by atoms with Crippen LogP contribution in [0.3, 0.4) is 0 Å². The van der Waals surface area contributed by atoms with Crippen LogP contribution < -0.4 is 10.6 Å². The van der Waals surface area contributed by atoms with Gasteiger partial charge in [-0.15, -0.1) is 0 Å². The fourth-order valence-corrected chi connectivity index (χ4v) is 2.41. The smallest absolute Gasteiger partial charge is 0.130 e. The molecule has 1 fully saturated rings. The van der Waals surface area contributed by atoms with Gasteiger partial charge in [0.05, 0.1) is 0 Å². The maximum atomic E-state index is 13.6. The first kappa shape index (κ1) is 12.5. The first-order valence-electron chi connectivity index (χ1n) is 6.12. The minimum atomic E-state index is -0.523. The average molecular weight is 240 g/mol. The first-order chi connectivity index (χ1) is 8.20. The summed E-state index contributed by atoms with van der Waals surface area (Å²) in [4.78, 5) is 0. The lowest BCUT2D eigenvalue weighted by Crippen LogP contribution is -2.42. The summed E-state index contributed by atoms with van der Waals surface area (Å²) in [5.41, 5.74) is 0.564. The van der Waals surface area contributed by atoms with Gasteiger partial charge in [-0.05, 0) is 32.0 Å². The van der Waals surface area contributed by atoms with Gasteiger partial charge in [-0.3, -0.25) is 0 Å². The molecule has 1 saturated heterocycles. The van der Waals surface area contributed by atoms with E-state index in [4.69, 9.17) is 0 Å². The Kier molecular flexibility index (Phi) is 4.07. The molecule has 0 aromatic heterocycles. The van der Waals surface area contributed by atoms with E-state index in [-0.39, 0.29) is 6.04 Å². The summed E-state index contributed by atoms with van der Waals surface area (Å²) in [6.45, 7) is 3.85. The Morgan fingerprint density at radius 2 is 2.24 bits per heavy atom. The monoisotopic (exact) mass is 240 g/mol. The van der Waals surface area contributed by atoms with Gasteiger partial charge in [0.2, 0.25) is 0 Å². The van der Waals surface area contributed by atoms with Crippen molar-refractivity contribution < 1.29 is 8.78 Å². The van der Waals surface area contributed by atoms with E-state index >= 15 is 0 Å². The fourth-order valence-electron chi connectivity index (χ4n) is 2.41. The third kappa shape index (κ3) is 3.01. The lowest BCUT2D eigenvalue weighted by Gasteiger charge is -2.31. The Hall–Kier alpha value is -1.00. The van der Waals surface area contributed by atoms with E-state index in [2.05, 4.69) is 17.6 Å². The summed E-state index contributed by atoms with van der Waals surface area (Å²) in [7, 11) is 0. The van der Waals surface area contributed by atoms with Crippen LogP contribution >= 0.6 is 0 Å². The molecule has 1 aromatic carbocycles. The number of rotatable bonds is 3. The molecule has 1 heterocycles. The molecule has 2 rings (SSSR count). The SMILES string of the molecule is CCN[C@@H]1CCN[C@H](c2ccc(F)cc2F)C1. The highest BCUT2D eigenvalue weighted by atomic mass is 19.1. The molecule has 0 spiro atoms. The van der Waals surface area contributed by atoms with E-state index in [0.29, 0.717) is 11.6 Å². The van der Waals surface area contributed by atoms with Crippen molar-refractivity contribution in [2.24, 2.45) is 0 Å². The molecule has 4 heteroatoms. The van der Waals surface area contributed by atoms with E-state index in [1.807, 2.05) is 0 Å². The van der Waals surface area contributed by atoms with Crippen LogP contribution in [0.4, 0.5) is 8.78 Å². The summed E-state index contributed by atoms with van der Waals surface area (Å²) in [6, 6.07) is 4.20. The van der Waals surface area contributed by atoms with Crippen molar-refractivity contribution >= 4 is 0 Å². The van der Waals surface area contributed by atoms with Gasteiger partial charge in [0.15, 0.2) is 0 Å². The van der Waals surface area contributed by atoms with Gasteiger partial charge in [-0.1, -0.05) is 13.0 Å². The van der Waals surface area contributed by atoms with E-state index in [9.17, 15) is 8.78 Å². The lowest BCUT2D eigenvalue weighted by molar-refractivity contribution is 0.321. The van der Waals surface area contributed by atoms with Gasteiger partial charge in [-0.25, -0.2) is 8.78 Å². The van der Waals surface area contributed by atoms with Crippen LogP contribution in [0.1, 0.15) is 31.4 Å². The topological polar surface area (TPSA) is 24.1 Å². The summed E-state index contributed by atoms with van der Waals surface area (Å²) in [5.74, 6) is -0.982. The second kappa shape index (κ2) is 5.56. The van der Waals surface area contributed by atoms with Gasteiger partial charge in [0.25, 0.3) is 0 Å². The zero-order chi connectivity index (χ0) is 12.3. The van der Waals surface area contributed by atoms with Gasteiger partial charge in [-0.2, -0.15) is 0 Å². The Labute approximate surface area is 100 Å². The van der Waals surface area contributed by atoms with Gasteiger partial charge in [0.1, 0.15) is 11.6 Å². The van der Waals surface area contributed by atoms with E-state index in [1.54, 1.807) is 0 Å². The van der Waals surface area contributed by atoms with Crippen LogP contribution in [0.25, 0.3) is 0 Å². The predicted molar refractivity (Wildman–Crippen MR) is 63.8 cm³/mol. The number of benzene rings is 1. The maximum Gasteiger partial charge on any atom is 0.130 e. The molecule has 2 nitrogen and oxygen atoms in total. The van der Waals surface area contributed by atoms with Crippen molar-refractivity contribution in [2.75, 3.05) is 13.1 Å². The van der Waals surface area contributed by atoms with Crippen LogP contribution in [-0.2, 0) is 0 Å². The molecule has 2 N–H and O–H groups in total. The molecule has 2 atom stereocenters. The molecular formula is C13H18F2N2. The average Bonchev–Trinajstić information content (AvgIpc) is 2.29. The maximum absolute atomic E-state index is 13.6. The normalized spacial score (nSPS) is 24.9. The Bertz CT molecular complexity index is 380. The summed E-state index contributed by atoms with van der Waals surface area (Å²) in [5, 5.41) is 6.66. The standard InChI is InChI=1S/C13H18F2N2/c1-2-16-10-5-6-17-13(8-10)11-4-3-9(14)7-12(11)15/h3-4,7,10,13,16-17H,2,5-6,8H2,1H3/t10-,13+/m1/s1. The molecule has 0 saturated carbocycles. The highest BCUT2D eigenvalue weighted by Gasteiger charge is 2.24. The van der Waals surface area contributed by atoms with Crippen LogP contribution in [0.5, 0.6) is 0 Å². The lowest BCUT2D eigenvalue weighted by atomic mass is 9.93. The van der Waals surface area contributed by atoms with E-state index in [0.717, 1.165) is 32.0 Å².